The van der Waals surface area contributed by atoms with E-state index in [1.54, 1.807) is 59.9 Å². The largest absolute Gasteiger partial charge is 0.497 e. The summed E-state index contributed by atoms with van der Waals surface area (Å²) in [6.07, 6.45) is 0.710. The van der Waals surface area contributed by atoms with Crippen LogP contribution in [0.5, 0.6) is 11.5 Å². The fourth-order valence-corrected chi connectivity index (χ4v) is 8.95. The number of nitrogens with one attached hydrogen (secondary N) is 3. The van der Waals surface area contributed by atoms with E-state index in [0.29, 0.717) is 40.9 Å². The highest BCUT2D eigenvalue weighted by Gasteiger charge is 2.63. The summed E-state index contributed by atoms with van der Waals surface area (Å²) in [5.74, 6) is -2.09. The van der Waals surface area contributed by atoms with Gasteiger partial charge in [-0.2, -0.15) is 0 Å². The molecule has 4 amide bonds. The molecule has 1 saturated heterocycles. The SMILES string of the molecule is C=C[C@@H]1C[C@]1(NC(=O)[C@@H]1C[C@@H](Oc2cc(-c3ccccc3)nc3cc(OC)ccc23)CN1C(=O)[C@@H](NC(=O)OC(C)(C)C)C(C)C)C(=O)NS(=O)(=O)C1(COC)CC1. The molecule has 5 atom stereocenters. The van der Waals surface area contributed by atoms with Crippen LogP contribution in [-0.4, -0.2) is 104 Å². The second-order valence-electron chi connectivity index (χ2n) is 16.7. The molecule has 0 spiro atoms. The molecule has 6 rings (SSSR count). The summed E-state index contributed by atoms with van der Waals surface area (Å²) in [4.78, 5) is 62.1. The first-order chi connectivity index (χ1) is 27.4. The number of fused-ring (bicyclic) bond motifs is 1. The lowest BCUT2D eigenvalue weighted by atomic mass is 10.0. The van der Waals surface area contributed by atoms with E-state index < -0.39 is 79.7 Å². The van der Waals surface area contributed by atoms with E-state index in [1.807, 2.05) is 36.4 Å². The molecule has 15 nitrogen and oxygen atoms in total. The summed E-state index contributed by atoms with van der Waals surface area (Å²) in [7, 11) is -1.20. The highest BCUT2D eigenvalue weighted by Crippen LogP contribution is 2.47. The van der Waals surface area contributed by atoms with E-state index in [4.69, 9.17) is 23.9 Å². The van der Waals surface area contributed by atoms with Gasteiger partial charge in [0.1, 0.15) is 45.6 Å². The van der Waals surface area contributed by atoms with Gasteiger partial charge >= 0.3 is 6.09 Å². The number of pyridine rings is 1. The lowest BCUT2D eigenvalue weighted by Gasteiger charge is -2.31. The number of amides is 4. The Morgan fingerprint density at radius 2 is 1.76 bits per heavy atom. The number of benzene rings is 2. The molecule has 1 aliphatic heterocycles. The van der Waals surface area contributed by atoms with Crippen molar-refractivity contribution in [2.75, 3.05) is 27.4 Å². The Labute approximate surface area is 339 Å². The lowest BCUT2D eigenvalue weighted by Crippen LogP contribution is -2.59. The number of alkyl carbamates (subject to hydrolysis) is 1. The highest BCUT2D eigenvalue weighted by atomic mass is 32.2. The van der Waals surface area contributed by atoms with E-state index in [0.717, 1.165) is 5.56 Å². The number of rotatable bonds is 15. The zero-order chi connectivity index (χ0) is 42.2. The summed E-state index contributed by atoms with van der Waals surface area (Å²) >= 11 is 0. The normalized spacial score (nSPS) is 22.8. The molecule has 0 unspecified atom stereocenters. The zero-order valence-electron chi connectivity index (χ0n) is 34.0. The topological polar surface area (TPSA) is 192 Å². The van der Waals surface area contributed by atoms with Crippen molar-refractivity contribution in [2.45, 2.75) is 94.4 Å². The van der Waals surface area contributed by atoms with E-state index in [1.165, 1.54) is 18.1 Å². The number of hydrogen-bond donors (Lipinski definition) is 3. The summed E-state index contributed by atoms with van der Waals surface area (Å²) in [6, 6.07) is 14.5. The molecular formula is C42H53N5O10S. The molecule has 2 aliphatic carbocycles. The van der Waals surface area contributed by atoms with Crippen molar-refractivity contribution >= 4 is 44.7 Å². The molecule has 1 aromatic heterocycles. The van der Waals surface area contributed by atoms with Gasteiger partial charge in [-0.15, -0.1) is 6.58 Å². The predicted molar refractivity (Wildman–Crippen MR) is 216 cm³/mol. The third kappa shape index (κ3) is 8.77. The third-order valence-electron chi connectivity index (χ3n) is 10.9. The molecule has 3 aromatic rings. The standard InChI is InChI=1S/C42H53N5O10S/c1-9-27-22-42(27,38(50)46-58(52,53)41(17-18-41)24-54-7)45-36(48)33-20-29(23-47(33)37(49)35(25(2)3)44-39(51)57-40(4,5)6)56-34-21-31(26-13-11-10-12-14-26)43-32-19-28(55-8)15-16-30(32)34/h9-16,19,21,25,27,29,33,35H,1,17-18,20,22-24H2,2-8H3,(H,44,51)(H,45,48)(H,46,50)/t27-,29-,33+,35+,42-/m1/s1. The van der Waals surface area contributed by atoms with Crippen molar-refractivity contribution in [2.24, 2.45) is 11.8 Å². The summed E-state index contributed by atoms with van der Waals surface area (Å²) < 4.78 is 50.5. The Morgan fingerprint density at radius 3 is 2.34 bits per heavy atom. The van der Waals surface area contributed by atoms with Crippen LogP contribution in [0, 0.1) is 11.8 Å². The first-order valence-corrected chi connectivity index (χ1v) is 20.9. The quantitative estimate of drug-likeness (QED) is 0.183. The van der Waals surface area contributed by atoms with Gasteiger partial charge in [0, 0.05) is 42.5 Å². The molecule has 312 valence electrons. The maximum absolute atomic E-state index is 14.5. The van der Waals surface area contributed by atoms with Gasteiger partial charge in [-0.05, 0) is 58.1 Å². The second kappa shape index (κ2) is 16.2. The molecular weight excluding hydrogens is 767 g/mol. The Hall–Kier alpha value is -5.22. The second-order valence-corrected chi connectivity index (χ2v) is 18.7. The average Bonchev–Trinajstić information content (AvgIpc) is 4.07. The van der Waals surface area contributed by atoms with E-state index in [9.17, 15) is 27.6 Å². The van der Waals surface area contributed by atoms with Gasteiger partial charge in [0.05, 0.1) is 31.5 Å². The van der Waals surface area contributed by atoms with Crippen LogP contribution in [0.1, 0.15) is 60.3 Å². The Morgan fingerprint density at radius 1 is 1.05 bits per heavy atom. The molecule has 2 heterocycles. The summed E-state index contributed by atoms with van der Waals surface area (Å²) in [6.45, 7) is 12.3. The van der Waals surface area contributed by atoms with Crippen LogP contribution in [0.4, 0.5) is 4.79 Å². The van der Waals surface area contributed by atoms with E-state index in [-0.39, 0.29) is 26.0 Å². The van der Waals surface area contributed by atoms with Crippen molar-refractivity contribution in [3.8, 4) is 22.8 Å². The number of aromatic nitrogens is 1. The van der Waals surface area contributed by atoms with Crippen molar-refractivity contribution in [3.05, 3.63) is 67.3 Å². The van der Waals surface area contributed by atoms with Crippen LogP contribution in [0.2, 0.25) is 0 Å². The minimum atomic E-state index is -4.16. The van der Waals surface area contributed by atoms with Crippen molar-refractivity contribution in [1.29, 1.82) is 0 Å². The van der Waals surface area contributed by atoms with Gasteiger partial charge < -0.3 is 34.5 Å². The number of likely N-dealkylation sites (tertiary alicyclic amines) is 1. The number of carbonyl (C=O) groups excluding carboxylic acids is 4. The number of carbonyl (C=O) groups is 4. The smallest absolute Gasteiger partial charge is 0.408 e. The fraction of sp³-hybridized carbons (Fsp3) is 0.500. The van der Waals surface area contributed by atoms with Crippen LogP contribution in [0.15, 0.2) is 67.3 Å². The van der Waals surface area contributed by atoms with Gasteiger partial charge in [-0.25, -0.2) is 18.2 Å². The van der Waals surface area contributed by atoms with Crippen molar-refractivity contribution in [1.82, 2.24) is 25.2 Å². The zero-order valence-corrected chi connectivity index (χ0v) is 34.8. The third-order valence-corrected chi connectivity index (χ3v) is 13.0. The van der Waals surface area contributed by atoms with Crippen LogP contribution in [0.25, 0.3) is 22.2 Å². The average molecular weight is 820 g/mol. The van der Waals surface area contributed by atoms with Crippen molar-refractivity contribution in [3.63, 3.8) is 0 Å². The molecule has 0 radical (unpaired) electrons. The highest BCUT2D eigenvalue weighted by molar-refractivity contribution is 7.91. The number of methoxy groups -OCH3 is 2. The lowest BCUT2D eigenvalue weighted by molar-refractivity contribution is -0.141. The molecule has 3 N–H and O–H groups in total. The van der Waals surface area contributed by atoms with Gasteiger partial charge in [-0.1, -0.05) is 50.3 Å². The number of ether oxygens (including phenoxy) is 4. The number of nitrogens with zero attached hydrogens (tertiary/aromatic N) is 2. The molecule has 3 aliphatic rings. The van der Waals surface area contributed by atoms with Gasteiger partial charge in [0.15, 0.2) is 0 Å². The van der Waals surface area contributed by atoms with Crippen LogP contribution in [-0.2, 0) is 33.9 Å². The number of sulfonamides is 1. The molecule has 2 saturated carbocycles. The summed E-state index contributed by atoms with van der Waals surface area (Å²) in [5.41, 5.74) is -0.394. The van der Waals surface area contributed by atoms with Crippen LogP contribution in [0.3, 0.4) is 0 Å². The molecule has 16 heteroatoms. The first-order valence-electron chi connectivity index (χ1n) is 19.4. The fourth-order valence-electron chi connectivity index (χ4n) is 7.39. The van der Waals surface area contributed by atoms with Crippen LogP contribution < -0.4 is 24.8 Å². The molecule has 58 heavy (non-hydrogen) atoms. The van der Waals surface area contributed by atoms with Gasteiger partial charge in [-0.3, -0.25) is 19.1 Å². The number of hydrogen-bond acceptors (Lipinski definition) is 11. The van der Waals surface area contributed by atoms with Crippen LogP contribution >= 0.6 is 0 Å². The van der Waals surface area contributed by atoms with Crippen molar-refractivity contribution < 1.29 is 46.5 Å². The molecule has 3 fully saturated rings. The monoisotopic (exact) mass is 819 g/mol. The minimum absolute atomic E-state index is 0.00116. The Bertz CT molecular complexity index is 2190. The maximum atomic E-state index is 14.5. The predicted octanol–water partition coefficient (Wildman–Crippen LogP) is 4.49. The van der Waals surface area contributed by atoms with E-state index in [2.05, 4.69) is 21.9 Å². The maximum Gasteiger partial charge on any atom is 0.408 e. The minimum Gasteiger partial charge on any atom is -0.497 e. The van der Waals surface area contributed by atoms with Gasteiger partial charge in [0.2, 0.25) is 21.8 Å². The van der Waals surface area contributed by atoms with Gasteiger partial charge in [0.25, 0.3) is 5.91 Å². The molecule has 0 bridgehead atoms. The first kappa shape index (κ1) is 42.4. The van der Waals surface area contributed by atoms with E-state index >= 15 is 0 Å². The molecule has 2 aromatic carbocycles. The summed E-state index contributed by atoms with van der Waals surface area (Å²) in [5, 5.41) is 6.17. The Kier molecular flexibility index (Phi) is 11.8. The Balaban J connectivity index is 1.33.